The molecular weight excluding hydrogens is 348 g/mol. The van der Waals surface area contributed by atoms with E-state index in [2.05, 4.69) is 25.7 Å². The van der Waals surface area contributed by atoms with Crippen molar-refractivity contribution in [2.45, 2.75) is 6.42 Å². The van der Waals surface area contributed by atoms with Crippen LogP contribution in [-0.2, 0) is 13.5 Å². The SMILES string of the molecule is COc1cccc(CCNc2nc(Nc3cnn(C)c3)ncc2C(=O)O)c1. The molecular formula is C18H20N6O3. The van der Waals surface area contributed by atoms with Gasteiger partial charge in [0, 0.05) is 26.0 Å². The number of aromatic nitrogens is 4. The van der Waals surface area contributed by atoms with Crippen molar-refractivity contribution in [3.8, 4) is 5.75 Å². The minimum atomic E-state index is -1.09. The first-order valence-corrected chi connectivity index (χ1v) is 8.28. The van der Waals surface area contributed by atoms with Crippen LogP contribution in [0.3, 0.4) is 0 Å². The summed E-state index contributed by atoms with van der Waals surface area (Å²) in [7, 11) is 3.42. The Kier molecular flexibility index (Phi) is 5.50. The molecule has 0 amide bonds. The first kappa shape index (κ1) is 18.2. The third-order valence-corrected chi connectivity index (χ3v) is 3.82. The molecule has 27 heavy (non-hydrogen) atoms. The third kappa shape index (κ3) is 4.72. The number of aromatic carboxylic acids is 1. The van der Waals surface area contributed by atoms with Gasteiger partial charge in [-0.25, -0.2) is 9.78 Å². The summed E-state index contributed by atoms with van der Waals surface area (Å²) in [6.07, 6.45) is 5.36. The zero-order valence-corrected chi connectivity index (χ0v) is 15.0. The Morgan fingerprint density at radius 3 is 2.89 bits per heavy atom. The Labute approximate surface area is 156 Å². The van der Waals surface area contributed by atoms with Crippen molar-refractivity contribution in [3.63, 3.8) is 0 Å². The van der Waals surface area contributed by atoms with Gasteiger partial charge in [0.1, 0.15) is 17.1 Å². The van der Waals surface area contributed by atoms with Crippen molar-refractivity contribution in [3.05, 3.63) is 54.0 Å². The fourth-order valence-corrected chi connectivity index (χ4v) is 2.50. The number of carboxylic acid groups (broad SMARTS) is 1. The fraction of sp³-hybridized carbons (Fsp3) is 0.222. The number of aryl methyl sites for hydroxylation is 1. The molecule has 9 heteroatoms. The lowest BCUT2D eigenvalue weighted by atomic mass is 10.1. The molecule has 0 bridgehead atoms. The van der Waals surface area contributed by atoms with Crippen LogP contribution in [0.2, 0.25) is 0 Å². The maximum Gasteiger partial charge on any atom is 0.341 e. The van der Waals surface area contributed by atoms with Crippen LogP contribution in [0, 0.1) is 0 Å². The lowest BCUT2D eigenvalue weighted by molar-refractivity contribution is 0.0697. The highest BCUT2D eigenvalue weighted by Crippen LogP contribution is 2.18. The van der Waals surface area contributed by atoms with E-state index < -0.39 is 5.97 Å². The van der Waals surface area contributed by atoms with Gasteiger partial charge >= 0.3 is 5.97 Å². The van der Waals surface area contributed by atoms with Crippen molar-refractivity contribution >= 4 is 23.4 Å². The first-order chi connectivity index (χ1) is 13.0. The first-order valence-electron chi connectivity index (χ1n) is 8.28. The van der Waals surface area contributed by atoms with Crippen LogP contribution in [0.15, 0.2) is 42.9 Å². The second kappa shape index (κ2) is 8.17. The molecule has 0 fully saturated rings. The summed E-state index contributed by atoms with van der Waals surface area (Å²) >= 11 is 0. The monoisotopic (exact) mass is 368 g/mol. The number of hydrogen-bond donors (Lipinski definition) is 3. The summed E-state index contributed by atoms with van der Waals surface area (Å²) in [5, 5.41) is 19.5. The van der Waals surface area contributed by atoms with Crippen LogP contribution in [0.1, 0.15) is 15.9 Å². The van der Waals surface area contributed by atoms with Gasteiger partial charge in [0.15, 0.2) is 0 Å². The van der Waals surface area contributed by atoms with Gasteiger partial charge in [-0.3, -0.25) is 4.68 Å². The molecule has 9 nitrogen and oxygen atoms in total. The second-order valence-electron chi connectivity index (χ2n) is 5.82. The van der Waals surface area contributed by atoms with Gasteiger partial charge in [-0.15, -0.1) is 0 Å². The van der Waals surface area contributed by atoms with E-state index in [0.717, 1.165) is 11.3 Å². The summed E-state index contributed by atoms with van der Waals surface area (Å²) in [5.74, 6) is 0.235. The zero-order valence-electron chi connectivity index (χ0n) is 15.0. The summed E-state index contributed by atoms with van der Waals surface area (Å²) in [6, 6.07) is 7.71. The van der Waals surface area contributed by atoms with Gasteiger partial charge < -0.3 is 20.5 Å². The topological polar surface area (TPSA) is 114 Å². The normalized spacial score (nSPS) is 10.4. The van der Waals surface area contributed by atoms with Crippen molar-refractivity contribution < 1.29 is 14.6 Å². The largest absolute Gasteiger partial charge is 0.497 e. The van der Waals surface area contributed by atoms with E-state index in [1.165, 1.54) is 6.20 Å². The molecule has 3 N–H and O–H groups in total. The molecule has 0 aliphatic carbocycles. The quantitative estimate of drug-likeness (QED) is 0.555. The molecule has 0 saturated heterocycles. The Morgan fingerprint density at radius 1 is 1.33 bits per heavy atom. The second-order valence-corrected chi connectivity index (χ2v) is 5.82. The summed E-state index contributed by atoms with van der Waals surface area (Å²) in [5.41, 5.74) is 1.79. The van der Waals surface area contributed by atoms with Gasteiger partial charge in [-0.2, -0.15) is 10.1 Å². The third-order valence-electron chi connectivity index (χ3n) is 3.82. The predicted molar refractivity (Wildman–Crippen MR) is 101 cm³/mol. The minimum absolute atomic E-state index is 0.0115. The van der Waals surface area contributed by atoms with E-state index >= 15 is 0 Å². The van der Waals surface area contributed by atoms with Crippen molar-refractivity contribution in [1.29, 1.82) is 0 Å². The number of benzene rings is 1. The van der Waals surface area contributed by atoms with E-state index in [-0.39, 0.29) is 17.3 Å². The number of hydrogen-bond acceptors (Lipinski definition) is 7. The van der Waals surface area contributed by atoms with E-state index in [1.54, 1.807) is 31.2 Å². The fourth-order valence-electron chi connectivity index (χ4n) is 2.50. The molecule has 0 spiro atoms. The Morgan fingerprint density at radius 2 is 2.19 bits per heavy atom. The molecule has 3 aromatic rings. The van der Waals surface area contributed by atoms with Gasteiger partial charge in [-0.05, 0) is 24.1 Å². The number of methoxy groups -OCH3 is 1. The number of carboxylic acids is 1. The molecule has 2 aromatic heterocycles. The molecule has 0 atom stereocenters. The number of carbonyl (C=O) groups is 1. The van der Waals surface area contributed by atoms with Crippen LogP contribution < -0.4 is 15.4 Å². The van der Waals surface area contributed by atoms with E-state index in [4.69, 9.17) is 4.74 Å². The number of nitrogens with one attached hydrogen (secondary N) is 2. The molecule has 0 radical (unpaired) electrons. The van der Waals surface area contributed by atoms with Gasteiger partial charge in [0.05, 0.1) is 19.0 Å². The summed E-state index contributed by atoms with van der Waals surface area (Å²) < 4.78 is 6.85. The zero-order chi connectivity index (χ0) is 19.2. The van der Waals surface area contributed by atoms with Crippen LogP contribution in [0.25, 0.3) is 0 Å². The minimum Gasteiger partial charge on any atom is -0.497 e. The van der Waals surface area contributed by atoms with E-state index in [1.807, 2.05) is 24.3 Å². The number of ether oxygens (including phenoxy) is 1. The van der Waals surface area contributed by atoms with Crippen LogP contribution >= 0.6 is 0 Å². The maximum absolute atomic E-state index is 11.4. The van der Waals surface area contributed by atoms with Crippen molar-refractivity contribution in [2.24, 2.45) is 7.05 Å². The maximum atomic E-state index is 11.4. The smallest absolute Gasteiger partial charge is 0.341 e. The molecule has 3 rings (SSSR count). The van der Waals surface area contributed by atoms with Crippen molar-refractivity contribution in [1.82, 2.24) is 19.7 Å². The summed E-state index contributed by atoms with van der Waals surface area (Å²) in [4.78, 5) is 19.8. The Hall–Kier alpha value is -3.62. The van der Waals surface area contributed by atoms with E-state index in [9.17, 15) is 9.90 Å². The number of nitrogens with zero attached hydrogens (tertiary/aromatic N) is 4. The van der Waals surface area contributed by atoms with Gasteiger partial charge in [0.2, 0.25) is 5.95 Å². The number of anilines is 3. The predicted octanol–water partition coefficient (Wildman–Crippen LogP) is 2.32. The molecule has 0 aliphatic heterocycles. The number of rotatable bonds is 8. The molecule has 2 heterocycles. The Balaban J connectivity index is 1.71. The molecule has 0 unspecified atom stereocenters. The van der Waals surface area contributed by atoms with Gasteiger partial charge in [0.25, 0.3) is 0 Å². The lowest BCUT2D eigenvalue weighted by Crippen LogP contribution is -2.13. The standard InChI is InChI=1S/C18H20N6O3/c1-24-11-13(9-21-24)22-18-20-10-15(17(25)26)16(23-18)19-7-6-12-4-3-5-14(8-12)27-2/h3-5,8-11H,6-7H2,1-2H3,(H,25,26)(H2,19,20,22,23). The van der Waals surface area contributed by atoms with Crippen LogP contribution in [0.5, 0.6) is 5.75 Å². The van der Waals surface area contributed by atoms with Crippen molar-refractivity contribution in [2.75, 3.05) is 24.3 Å². The Bertz CT molecular complexity index is 940. The van der Waals surface area contributed by atoms with E-state index in [0.29, 0.717) is 18.7 Å². The highest BCUT2D eigenvalue weighted by Gasteiger charge is 2.14. The molecule has 140 valence electrons. The average molecular weight is 368 g/mol. The summed E-state index contributed by atoms with van der Waals surface area (Å²) in [6.45, 7) is 0.511. The average Bonchev–Trinajstić information content (AvgIpc) is 3.06. The van der Waals surface area contributed by atoms with Gasteiger partial charge in [-0.1, -0.05) is 12.1 Å². The van der Waals surface area contributed by atoms with Crippen LogP contribution in [-0.4, -0.2) is 44.5 Å². The van der Waals surface area contributed by atoms with Crippen LogP contribution in [0.4, 0.5) is 17.5 Å². The highest BCUT2D eigenvalue weighted by atomic mass is 16.5. The molecule has 0 aliphatic rings. The lowest BCUT2D eigenvalue weighted by Gasteiger charge is -2.11. The molecule has 0 saturated carbocycles. The molecule has 1 aromatic carbocycles. The highest BCUT2D eigenvalue weighted by molar-refractivity contribution is 5.93.